The summed E-state index contributed by atoms with van der Waals surface area (Å²) in [5, 5.41) is 86.9. The molecule has 10 N–H and O–H groups in total. The number of nitrogens with two attached hydrogens (primary N) is 1. The summed E-state index contributed by atoms with van der Waals surface area (Å²) in [5.41, 5.74) is 0.590. The lowest BCUT2D eigenvalue weighted by Crippen LogP contribution is -2.74. The molecule has 0 heterocycles. The Labute approximate surface area is 306 Å². The maximum Gasteiger partial charge on any atom is 0.269 e. The van der Waals surface area contributed by atoms with Crippen LogP contribution in [0.25, 0.3) is 5.76 Å². The molecule has 0 bridgehead atoms. The van der Waals surface area contributed by atoms with Crippen LogP contribution >= 0.6 is 23.2 Å². The van der Waals surface area contributed by atoms with Crippen molar-refractivity contribution in [3.8, 4) is 5.75 Å². The Bertz CT molecular complexity index is 1800. The zero-order valence-electron chi connectivity index (χ0n) is 27.9. The number of nitro benzene ring substituents is 1. The molecule has 2 fully saturated rings. The van der Waals surface area contributed by atoms with Crippen LogP contribution in [0.15, 0.2) is 48.0 Å². The van der Waals surface area contributed by atoms with Crippen molar-refractivity contribution in [1.82, 2.24) is 10.2 Å². The van der Waals surface area contributed by atoms with Crippen molar-refractivity contribution in [2.45, 2.75) is 53.7 Å². The standard InChI is InChI=1S/C22H26N2O8.C11H12Cl2N2O5/c1-21(31)8-5-4-6-11(25)12(8)16(26)13-9(21)7-10-15(24(2)3)17(27)14(20(23)30)19(29)22(10,32)18(13)28;12-10(13)11(18)14-8(5-16)9(17)6-1-3-7(4-2-6)15(19)20/h4-6,9-10,14-15,17,25-27,31-32H,7H2,1-3H3,(H2,23,30);1-4,8-10,16-17H,5H2,(H,14,18)/t9-,10-,14?,15-,17?,21+,22-;8-,9-/m01/s1. The van der Waals surface area contributed by atoms with E-state index in [-0.39, 0.29) is 29.0 Å². The van der Waals surface area contributed by atoms with Crippen LogP contribution in [0.2, 0.25) is 0 Å². The molecule has 9 atom stereocenters. The quantitative estimate of drug-likeness (QED) is 0.0722. The molecule has 0 saturated heterocycles. The Morgan fingerprint density at radius 3 is 2.21 bits per heavy atom. The Morgan fingerprint density at radius 2 is 1.71 bits per heavy atom. The summed E-state index contributed by atoms with van der Waals surface area (Å²) < 4.78 is 0. The first-order valence-electron chi connectivity index (χ1n) is 15.7. The van der Waals surface area contributed by atoms with E-state index < -0.39 is 104 Å². The fraction of sp³-hybridized carbons (Fsp3) is 0.455. The topological polar surface area (TPSA) is 294 Å². The van der Waals surface area contributed by atoms with Gasteiger partial charge in [0.25, 0.3) is 11.6 Å². The number of halogens is 2. The first kappa shape index (κ1) is 40.6. The van der Waals surface area contributed by atoms with Gasteiger partial charge in [0.15, 0.2) is 16.2 Å². The number of likely N-dealkylation sites (N-methyl/N-ethyl adjacent to an activating group) is 1. The minimum Gasteiger partial charge on any atom is -0.507 e. The number of carbonyl (C=O) groups is 4. The molecule has 19 heteroatoms. The second-order valence-corrected chi connectivity index (χ2v) is 14.3. The van der Waals surface area contributed by atoms with E-state index in [0.717, 1.165) is 0 Å². The van der Waals surface area contributed by atoms with Crippen molar-refractivity contribution >= 4 is 58.0 Å². The Kier molecular flexibility index (Phi) is 11.7. The van der Waals surface area contributed by atoms with Gasteiger partial charge in [0.05, 0.1) is 34.8 Å². The van der Waals surface area contributed by atoms with E-state index in [1.165, 1.54) is 54.3 Å². The van der Waals surface area contributed by atoms with Gasteiger partial charge >= 0.3 is 0 Å². The number of carbonyl (C=O) groups excluding carboxylic acids is 4. The van der Waals surface area contributed by atoms with Crippen LogP contribution in [-0.4, -0.2) is 118 Å². The molecule has 282 valence electrons. The number of hydrogen-bond acceptors (Lipinski definition) is 14. The van der Waals surface area contributed by atoms with E-state index in [4.69, 9.17) is 34.0 Å². The minimum atomic E-state index is -2.76. The van der Waals surface area contributed by atoms with Crippen LogP contribution in [0.4, 0.5) is 5.69 Å². The number of amides is 2. The maximum atomic E-state index is 13.7. The molecular formula is C33H38Cl2N4O13. The van der Waals surface area contributed by atoms with Crippen LogP contribution in [0.3, 0.4) is 0 Å². The van der Waals surface area contributed by atoms with Crippen molar-refractivity contribution in [2.24, 2.45) is 23.5 Å². The van der Waals surface area contributed by atoms with Crippen molar-refractivity contribution in [1.29, 1.82) is 0 Å². The van der Waals surface area contributed by atoms with Gasteiger partial charge in [-0.3, -0.25) is 29.3 Å². The summed E-state index contributed by atoms with van der Waals surface area (Å²) in [6.45, 7) is 0.863. The number of aliphatic hydroxyl groups is 6. The highest BCUT2D eigenvalue weighted by molar-refractivity contribution is 6.53. The van der Waals surface area contributed by atoms with Gasteiger partial charge in [0.1, 0.15) is 23.5 Å². The largest absolute Gasteiger partial charge is 0.507 e. The number of phenols is 1. The lowest BCUT2D eigenvalue weighted by molar-refractivity contribution is -0.384. The van der Waals surface area contributed by atoms with Crippen molar-refractivity contribution in [3.63, 3.8) is 0 Å². The molecule has 2 aromatic carbocycles. The number of rotatable bonds is 8. The maximum absolute atomic E-state index is 13.7. The third-order valence-corrected chi connectivity index (χ3v) is 10.3. The molecular weight excluding hydrogens is 731 g/mol. The molecule has 0 radical (unpaired) electrons. The van der Waals surface area contributed by atoms with Crippen molar-refractivity contribution in [3.05, 3.63) is 74.8 Å². The summed E-state index contributed by atoms with van der Waals surface area (Å²) in [6.07, 6.45) is -3.00. The third-order valence-electron chi connectivity index (χ3n) is 9.94. The minimum absolute atomic E-state index is 0.132. The van der Waals surface area contributed by atoms with Crippen LogP contribution in [-0.2, 0) is 24.8 Å². The fourth-order valence-electron chi connectivity index (χ4n) is 7.36. The fourth-order valence-corrected chi connectivity index (χ4v) is 7.48. The number of benzene rings is 2. The van der Waals surface area contributed by atoms with Gasteiger partial charge < -0.3 is 51.7 Å². The molecule has 5 rings (SSSR count). The van der Waals surface area contributed by atoms with Crippen LogP contribution < -0.4 is 11.1 Å². The zero-order valence-corrected chi connectivity index (χ0v) is 29.4. The highest BCUT2D eigenvalue weighted by atomic mass is 35.5. The molecule has 3 aliphatic rings. The Morgan fingerprint density at radius 1 is 1.12 bits per heavy atom. The predicted molar refractivity (Wildman–Crippen MR) is 183 cm³/mol. The van der Waals surface area contributed by atoms with Crippen molar-refractivity contribution in [2.75, 3.05) is 20.7 Å². The number of primary amides is 1. The van der Waals surface area contributed by atoms with Crippen LogP contribution in [0.5, 0.6) is 5.75 Å². The summed E-state index contributed by atoms with van der Waals surface area (Å²) >= 11 is 10.7. The molecule has 0 aromatic heterocycles. The molecule has 52 heavy (non-hydrogen) atoms. The van der Waals surface area contributed by atoms with Gasteiger partial charge in [0.2, 0.25) is 11.7 Å². The Hall–Kier alpha value is -4.20. The van der Waals surface area contributed by atoms with E-state index in [0.29, 0.717) is 5.56 Å². The van der Waals surface area contributed by atoms with E-state index >= 15 is 0 Å². The van der Waals surface area contributed by atoms with Gasteiger partial charge in [-0.2, -0.15) is 0 Å². The predicted octanol–water partition coefficient (Wildman–Crippen LogP) is -0.297. The monoisotopic (exact) mass is 768 g/mol. The number of fused-ring (bicyclic) bond motifs is 3. The number of non-ortho nitro benzene ring substituents is 1. The second kappa shape index (κ2) is 15.0. The highest BCUT2D eigenvalue weighted by Crippen LogP contribution is 2.56. The number of nitrogens with zero attached hydrogens (tertiary/aromatic N) is 2. The number of hydrogen-bond donors (Lipinski definition) is 9. The third kappa shape index (κ3) is 6.85. The highest BCUT2D eigenvalue weighted by Gasteiger charge is 2.69. The first-order chi connectivity index (χ1) is 24.1. The summed E-state index contributed by atoms with van der Waals surface area (Å²) in [7, 11) is 3.11. The van der Waals surface area contributed by atoms with Crippen molar-refractivity contribution < 1.29 is 59.8 Å². The lowest BCUT2D eigenvalue weighted by atomic mass is 9.52. The van der Waals surface area contributed by atoms with Crippen LogP contribution in [0, 0.1) is 27.9 Å². The summed E-state index contributed by atoms with van der Waals surface area (Å²) in [4.78, 5) is 60.2. The molecule has 0 spiro atoms. The van der Waals surface area contributed by atoms with Gasteiger partial charge in [0, 0.05) is 35.6 Å². The number of aliphatic hydroxyl groups excluding tert-OH is 4. The lowest BCUT2D eigenvalue weighted by Gasteiger charge is -2.55. The van der Waals surface area contributed by atoms with Gasteiger partial charge in [-0.25, -0.2) is 0 Å². The molecule has 2 unspecified atom stereocenters. The van der Waals surface area contributed by atoms with Gasteiger partial charge in [-0.1, -0.05) is 35.3 Å². The van der Waals surface area contributed by atoms with E-state index in [1.807, 2.05) is 0 Å². The molecule has 2 amide bonds. The normalized spacial score (nSPS) is 29.3. The number of Topliss-reactive ketones (excluding diaryl/α,β-unsaturated/α-hetero) is 2. The number of nitrogens with one attached hydrogen (secondary N) is 1. The Balaban J connectivity index is 0.000000261. The average molecular weight is 770 g/mol. The smallest absolute Gasteiger partial charge is 0.269 e. The number of phenolic OH excluding ortho intramolecular Hbond substituents is 1. The SMILES string of the molecule is CN(C)[C@@H]1C(O)C(C(N)=O)C(=O)[C@@]2(O)C(=O)C3=C(O)c4c(O)cccc4[C@@](C)(O)[C@H]3C[C@@H]12.O=C(N[C@H](CO)[C@H](O)c1ccc([N+](=O)[O-])cc1)C(Cl)Cl. The first-order valence-corrected chi connectivity index (χ1v) is 16.6. The molecule has 17 nitrogen and oxygen atoms in total. The number of aromatic hydroxyl groups is 1. The summed E-state index contributed by atoms with van der Waals surface area (Å²) in [6, 6.07) is 7.28. The second-order valence-electron chi connectivity index (χ2n) is 13.2. The van der Waals surface area contributed by atoms with E-state index in [2.05, 4.69) is 5.32 Å². The van der Waals surface area contributed by atoms with Gasteiger partial charge in [-0.05, 0) is 56.8 Å². The van der Waals surface area contributed by atoms with E-state index in [9.17, 15) is 59.9 Å². The zero-order chi connectivity index (χ0) is 39.2. The average Bonchev–Trinajstić information content (AvgIpc) is 3.07. The number of alkyl halides is 2. The molecule has 2 aromatic rings. The number of ketones is 2. The van der Waals surface area contributed by atoms with Gasteiger partial charge in [-0.15, -0.1) is 0 Å². The molecule has 3 aliphatic carbocycles. The van der Waals surface area contributed by atoms with E-state index in [1.54, 1.807) is 14.1 Å². The summed E-state index contributed by atoms with van der Waals surface area (Å²) in [5.74, 6) is -9.50. The molecule has 2 saturated carbocycles. The number of nitro groups is 1. The van der Waals surface area contributed by atoms with Crippen LogP contribution in [0.1, 0.15) is 36.1 Å². The molecule has 0 aliphatic heterocycles.